The SMILES string of the molecule is CC#N.O=C([O-])[O-]. The van der Waals surface area contributed by atoms with Crippen molar-refractivity contribution >= 4 is 6.16 Å². The molecular weight excluding hydrogens is 98.0 g/mol. The van der Waals surface area contributed by atoms with E-state index in [1.54, 1.807) is 6.07 Å². The second-order valence-corrected chi connectivity index (χ2v) is 0.474. The van der Waals surface area contributed by atoms with Gasteiger partial charge in [-0.1, -0.05) is 0 Å². The molecule has 0 aliphatic heterocycles. The third kappa shape index (κ3) is 23.6. The van der Waals surface area contributed by atoms with Gasteiger partial charge in [0, 0.05) is 6.92 Å². The fraction of sp³-hybridized carbons (Fsp3) is 0.333. The molecule has 0 aromatic carbocycles. The van der Waals surface area contributed by atoms with Gasteiger partial charge in [0.15, 0.2) is 0 Å². The number of rotatable bonds is 0. The van der Waals surface area contributed by atoms with E-state index in [1.807, 2.05) is 0 Å². The third-order valence-electron chi connectivity index (χ3n) is 0. The Kier molecular flexibility index (Phi) is 11.7. The zero-order chi connectivity index (χ0) is 6.28. The van der Waals surface area contributed by atoms with Crippen molar-refractivity contribution in [2.75, 3.05) is 0 Å². The topological polar surface area (TPSA) is 87.0 Å². The Morgan fingerprint density at radius 2 is 1.71 bits per heavy atom. The van der Waals surface area contributed by atoms with Gasteiger partial charge in [0.05, 0.1) is 6.07 Å². The number of hydrogen-bond acceptors (Lipinski definition) is 4. The van der Waals surface area contributed by atoms with Gasteiger partial charge in [0.25, 0.3) is 0 Å². The summed E-state index contributed by atoms with van der Waals surface area (Å²) in [6.07, 6.45) is -2.33. The summed E-state index contributed by atoms with van der Waals surface area (Å²) in [5.41, 5.74) is 0. The minimum Gasteiger partial charge on any atom is -0.652 e. The lowest BCUT2D eigenvalue weighted by atomic mass is 11.0. The van der Waals surface area contributed by atoms with Crippen LogP contribution in [0.3, 0.4) is 0 Å². The summed E-state index contributed by atoms with van der Waals surface area (Å²) in [6.45, 7) is 1.43. The molecule has 0 bridgehead atoms. The number of carboxylic acid groups (broad SMARTS) is 2. The minimum absolute atomic E-state index is 1.43. The molecule has 0 atom stereocenters. The predicted molar refractivity (Wildman–Crippen MR) is 16.7 cm³/mol. The van der Waals surface area contributed by atoms with Gasteiger partial charge >= 0.3 is 0 Å². The van der Waals surface area contributed by atoms with Crippen molar-refractivity contribution in [3.05, 3.63) is 0 Å². The Morgan fingerprint density at radius 3 is 1.71 bits per heavy atom. The van der Waals surface area contributed by atoms with Crippen LogP contribution in [0.4, 0.5) is 4.79 Å². The first-order valence-corrected chi connectivity index (χ1v) is 1.34. The number of nitriles is 1. The van der Waals surface area contributed by atoms with Gasteiger partial charge in [-0.05, 0) is 6.16 Å². The monoisotopic (exact) mass is 101 g/mol. The van der Waals surface area contributed by atoms with E-state index in [0.29, 0.717) is 0 Å². The molecule has 0 fully saturated rings. The summed E-state index contributed by atoms with van der Waals surface area (Å²) in [5.74, 6) is 0. The van der Waals surface area contributed by atoms with Gasteiger partial charge in [0.2, 0.25) is 0 Å². The lowest BCUT2D eigenvalue weighted by Gasteiger charge is -1.96. The minimum atomic E-state index is -2.33. The Hall–Kier alpha value is -1.24. The highest BCUT2D eigenvalue weighted by Crippen LogP contribution is 1.22. The molecule has 0 amide bonds. The molecule has 0 unspecified atom stereocenters. The van der Waals surface area contributed by atoms with E-state index in [-0.39, 0.29) is 0 Å². The molecule has 0 spiro atoms. The summed E-state index contributed by atoms with van der Waals surface area (Å²) in [7, 11) is 0. The zero-order valence-electron chi connectivity index (χ0n) is 3.67. The molecule has 40 valence electrons. The van der Waals surface area contributed by atoms with Crippen molar-refractivity contribution in [3.8, 4) is 6.07 Å². The smallest absolute Gasteiger partial charge is 0.0587 e. The molecule has 0 aliphatic rings. The van der Waals surface area contributed by atoms with Crippen LogP contribution in [0.15, 0.2) is 0 Å². The average molecular weight is 101 g/mol. The van der Waals surface area contributed by atoms with Gasteiger partial charge in [-0.25, -0.2) is 0 Å². The Bertz CT molecular complexity index is 78.7. The lowest BCUT2D eigenvalue weighted by Crippen LogP contribution is -2.37. The van der Waals surface area contributed by atoms with Gasteiger partial charge in [-0.3, -0.25) is 0 Å². The fourth-order valence-corrected chi connectivity index (χ4v) is 0. The standard InChI is InChI=1S/C2H3N.CH2O3/c1-2-3;2-1(3)4/h1H3;(H2,2,3,4)/p-2. The molecular formula is C3H3NO3-2. The number of nitrogens with zero attached hydrogens (tertiary/aromatic N) is 1. The van der Waals surface area contributed by atoms with Crippen LogP contribution >= 0.6 is 0 Å². The fourth-order valence-electron chi connectivity index (χ4n) is 0. The molecule has 7 heavy (non-hydrogen) atoms. The van der Waals surface area contributed by atoms with Crippen molar-refractivity contribution in [1.82, 2.24) is 0 Å². The van der Waals surface area contributed by atoms with Crippen molar-refractivity contribution in [1.29, 1.82) is 5.26 Å². The average Bonchev–Trinajstić information content (AvgIpc) is 1.33. The predicted octanol–water partition coefficient (Wildman–Crippen LogP) is -1.92. The first-order valence-electron chi connectivity index (χ1n) is 1.34. The van der Waals surface area contributed by atoms with Crippen LogP contribution in [0.2, 0.25) is 0 Å². The normalized spacial score (nSPS) is 4.57. The van der Waals surface area contributed by atoms with Crippen LogP contribution in [0, 0.1) is 11.3 Å². The summed E-state index contributed by atoms with van der Waals surface area (Å²) >= 11 is 0. The number of carbonyl (C=O) groups excluding carboxylic acids is 1. The van der Waals surface area contributed by atoms with E-state index < -0.39 is 6.16 Å². The molecule has 0 aliphatic carbocycles. The van der Waals surface area contributed by atoms with Gasteiger partial charge < -0.3 is 15.0 Å². The van der Waals surface area contributed by atoms with Crippen LogP contribution in [0.25, 0.3) is 0 Å². The second kappa shape index (κ2) is 8.83. The Labute approximate surface area is 40.6 Å². The van der Waals surface area contributed by atoms with Crippen molar-refractivity contribution < 1.29 is 15.0 Å². The van der Waals surface area contributed by atoms with E-state index in [2.05, 4.69) is 0 Å². The maximum Gasteiger partial charge on any atom is 0.0587 e. The summed E-state index contributed by atoms with van der Waals surface area (Å²) in [6, 6.07) is 1.75. The largest absolute Gasteiger partial charge is 0.652 e. The highest BCUT2D eigenvalue weighted by molar-refractivity contribution is 5.47. The van der Waals surface area contributed by atoms with Crippen molar-refractivity contribution in [3.63, 3.8) is 0 Å². The Morgan fingerprint density at radius 1 is 1.71 bits per heavy atom. The van der Waals surface area contributed by atoms with Gasteiger partial charge in [-0.2, -0.15) is 5.26 Å². The molecule has 0 rings (SSSR count). The highest BCUT2D eigenvalue weighted by Gasteiger charge is 1.26. The quantitative estimate of drug-likeness (QED) is 0.356. The molecule has 0 saturated carbocycles. The summed E-state index contributed by atoms with van der Waals surface area (Å²) in [4.78, 5) is 8.33. The lowest BCUT2D eigenvalue weighted by molar-refractivity contribution is -0.415. The summed E-state index contributed by atoms with van der Waals surface area (Å²) < 4.78 is 0. The zero-order valence-corrected chi connectivity index (χ0v) is 3.67. The Balaban J connectivity index is 0. The van der Waals surface area contributed by atoms with E-state index in [1.165, 1.54) is 6.92 Å². The van der Waals surface area contributed by atoms with E-state index in [4.69, 9.17) is 20.3 Å². The first-order chi connectivity index (χ1) is 3.15. The first kappa shape index (κ1) is 9.23. The van der Waals surface area contributed by atoms with Crippen LogP contribution in [-0.2, 0) is 0 Å². The van der Waals surface area contributed by atoms with Crippen LogP contribution in [-0.4, -0.2) is 6.16 Å². The molecule has 0 aromatic rings. The van der Waals surface area contributed by atoms with Crippen LogP contribution < -0.4 is 10.2 Å². The van der Waals surface area contributed by atoms with E-state index >= 15 is 0 Å². The second-order valence-electron chi connectivity index (χ2n) is 0.474. The molecule has 4 heteroatoms. The molecule has 0 aromatic heterocycles. The van der Waals surface area contributed by atoms with Crippen molar-refractivity contribution in [2.24, 2.45) is 0 Å². The van der Waals surface area contributed by atoms with Crippen LogP contribution in [0.5, 0.6) is 0 Å². The molecule has 4 nitrogen and oxygen atoms in total. The van der Waals surface area contributed by atoms with E-state index in [0.717, 1.165) is 0 Å². The molecule has 0 radical (unpaired) electrons. The molecule has 0 heterocycles. The number of carbonyl (C=O) groups is 1. The van der Waals surface area contributed by atoms with Gasteiger partial charge in [-0.15, -0.1) is 0 Å². The molecule has 0 saturated heterocycles. The van der Waals surface area contributed by atoms with Crippen molar-refractivity contribution in [2.45, 2.75) is 6.92 Å². The van der Waals surface area contributed by atoms with Crippen LogP contribution in [0.1, 0.15) is 6.92 Å². The number of hydrogen-bond donors (Lipinski definition) is 0. The summed E-state index contributed by atoms with van der Waals surface area (Å²) in [5, 5.41) is 24.0. The third-order valence-corrected chi connectivity index (χ3v) is 0. The molecule has 0 N–H and O–H groups in total. The maximum atomic E-state index is 8.33. The van der Waals surface area contributed by atoms with Gasteiger partial charge in [0.1, 0.15) is 0 Å². The van der Waals surface area contributed by atoms with E-state index in [9.17, 15) is 0 Å². The maximum absolute atomic E-state index is 8.33. The highest BCUT2D eigenvalue weighted by atomic mass is 16.6.